The van der Waals surface area contributed by atoms with Gasteiger partial charge in [-0.3, -0.25) is 9.10 Å². The number of rotatable bonds is 11. The predicted octanol–water partition coefficient (Wildman–Crippen LogP) is 3.29. The zero-order chi connectivity index (χ0) is 27.2. The van der Waals surface area contributed by atoms with Crippen molar-refractivity contribution < 1.29 is 26.4 Å². The van der Waals surface area contributed by atoms with Gasteiger partial charge in [-0.1, -0.05) is 35.9 Å². The highest BCUT2D eigenvalue weighted by atomic mass is 35.5. The molecule has 198 valence electrons. The van der Waals surface area contributed by atoms with Crippen LogP contribution in [0.1, 0.15) is 5.56 Å². The molecule has 1 N–H and O–H groups in total. The van der Waals surface area contributed by atoms with E-state index in [1.54, 1.807) is 37.3 Å². The highest BCUT2D eigenvalue weighted by Gasteiger charge is 2.28. The second kappa shape index (κ2) is 12.0. The topological polar surface area (TPSA) is 113 Å². The van der Waals surface area contributed by atoms with E-state index in [1.165, 1.54) is 56.6 Å². The van der Waals surface area contributed by atoms with E-state index < -0.39 is 32.5 Å². The normalized spacial score (nSPS) is 11.8. The van der Waals surface area contributed by atoms with Gasteiger partial charge in [0.05, 0.1) is 22.0 Å². The first-order valence-electron chi connectivity index (χ1n) is 11.2. The maximum atomic E-state index is 13.4. The predicted molar refractivity (Wildman–Crippen MR) is 143 cm³/mol. The fraction of sp³-hybridized carbons (Fsp3) is 0.240. The first-order valence-corrected chi connectivity index (χ1v) is 14.4. The number of anilines is 1. The molecule has 0 saturated carbocycles. The van der Waals surface area contributed by atoms with Gasteiger partial charge in [0.2, 0.25) is 15.9 Å². The number of nitrogens with zero attached hydrogens (tertiary/aromatic N) is 2. The molecule has 0 aliphatic heterocycles. The van der Waals surface area contributed by atoms with Crippen LogP contribution in [-0.2, 0) is 24.8 Å². The van der Waals surface area contributed by atoms with E-state index in [0.29, 0.717) is 22.0 Å². The summed E-state index contributed by atoms with van der Waals surface area (Å²) in [4.78, 5) is 12.9. The third-order valence-corrected chi connectivity index (χ3v) is 9.19. The van der Waals surface area contributed by atoms with Crippen LogP contribution < -0.4 is 14.4 Å². The maximum absolute atomic E-state index is 13.4. The summed E-state index contributed by atoms with van der Waals surface area (Å²) in [7, 11) is -4.70. The molecule has 37 heavy (non-hydrogen) atoms. The van der Waals surface area contributed by atoms with E-state index >= 15 is 0 Å². The number of hydrogen-bond donors (Lipinski definition) is 1. The standard InChI is InChI=1S/C25H28ClN3O6S2/c1-19-9-10-20(26)17-24(19)29(37(33,34)22-7-5-4-6-8-22)18-25(30)27-15-16-35-21-11-13-23(14-12-21)36(31,32)28(2)3/h4-14,17H,15-16,18H2,1-3H3,(H,27,30). The van der Waals surface area contributed by atoms with Crippen molar-refractivity contribution in [3.8, 4) is 5.75 Å². The molecular formula is C25H28ClN3O6S2. The van der Waals surface area contributed by atoms with Crippen LogP contribution in [0.3, 0.4) is 0 Å². The smallest absolute Gasteiger partial charge is 0.264 e. The summed E-state index contributed by atoms with van der Waals surface area (Å²) >= 11 is 6.13. The minimum absolute atomic E-state index is 0.0465. The molecule has 0 heterocycles. The molecule has 0 unspecified atom stereocenters. The molecule has 3 aromatic carbocycles. The SMILES string of the molecule is Cc1ccc(Cl)cc1N(CC(=O)NCCOc1ccc(S(=O)(=O)N(C)C)cc1)S(=O)(=O)c1ccccc1. The third-order valence-electron chi connectivity index (χ3n) is 5.35. The van der Waals surface area contributed by atoms with Crippen molar-refractivity contribution in [3.63, 3.8) is 0 Å². The Bertz CT molecular complexity index is 1450. The summed E-state index contributed by atoms with van der Waals surface area (Å²) in [5, 5.41) is 3.00. The molecule has 9 nitrogen and oxygen atoms in total. The Balaban J connectivity index is 1.67. The van der Waals surface area contributed by atoms with Gasteiger partial charge in [0.1, 0.15) is 18.9 Å². The van der Waals surface area contributed by atoms with E-state index in [0.717, 1.165) is 8.61 Å². The van der Waals surface area contributed by atoms with Crippen LogP contribution in [-0.4, -0.2) is 60.8 Å². The Labute approximate surface area is 222 Å². The number of carbonyl (C=O) groups excluding carboxylic acids is 1. The average molecular weight is 566 g/mol. The number of amides is 1. The lowest BCUT2D eigenvalue weighted by Crippen LogP contribution is -2.42. The molecule has 0 saturated heterocycles. The quantitative estimate of drug-likeness (QED) is 0.357. The van der Waals surface area contributed by atoms with Crippen molar-refractivity contribution in [2.24, 2.45) is 0 Å². The van der Waals surface area contributed by atoms with Crippen molar-refractivity contribution >= 4 is 43.2 Å². The second-order valence-corrected chi connectivity index (χ2v) is 12.7. The number of ether oxygens (including phenoxy) is 1. The van der Waals surface area contributed by atoms with Gasteiger partial charge in [0.15, 0.2) is 0 Å². The van der Waals surface area contributed by atoms with Crippen LogP contribution in [0.5, 0.6) is 5.75 Å². The molecule has 0 atom stereocenters. The number of hydrogen-bond acceptors (Lipinski definition) is 6. The van der Waals surface area contributed by atoms with Gasteiger partial charge in [-0.25, -0.2) is 21.1 Å². The fourth-order valence-corrected chi connectivity index (χ4v) is 5.90. The van der Waals surface area contributed by atoms with E-state index in [9.17, 15) is 21.6 Å². The Morgan fingerprint density at radius 1 is 0.892 bits per heavy atom. The zero-order valence-corrected chi connectivity index (χ0v) is 23.0. The number of carbonyl (C=O) groups is 1. The van der Waals surface area contributed by atoms with Gasteiger partial charge in [-0.15, -0.1) is 0 Å². The number of benzene rings is 3. The average Bonchev–Trinajstić information content (AvgIpc) is 2.87. The van der Waals surface area contributed by atoms with E-state index in [4.69, 9.17) is 16.3 Å². The Kier molecular flexibility index (Phi) is 9.19. The van der Waals surface area contributed by atoms with Crippen molar-refractivity contribution in [3.05, 3.63) is 83.4 Å². The van der Waals surface area contributed by atoms with Crippen molar-refractivity contribution in [2.45, 2.75) is 16.7 Å². The fourth-order valence-electron chi connectivity index (χ4n) is 3.33. The summed E-state index contributed by atoms with van der Waals surface area (Å²) in [6, 6.07) is 18.6. The lowest BCUT2D eigenvalue weighted by Gasteiger charge is -2.25. The lowest BCUT2D eigenvalue weighted by molar-refractivity contribution is -0.119. The van der Waals surface area contributed by atoms with E-state index in [1.807, 2.05) is 0 Å². The molecule has 1 amide bonds. The van der Waals surface area contributed by atoms with E-state index in [2.05, 4.69) is 5.32 Å². The zero-order valence-electron chi connectivity index (χ0n) is 20.6. The van der Waals surface area contributed by atoms with Crippen LogP contribution in [0.25, 0.3) is 0 Å². The first-order chi connectivity index (χ1) is 17.4. The number of sulfonamides is 2. The molecule has 0 aromatic heterocycles. The maximum Gasteiger partial charge on any atom is 0.264 e. The molecule has 12 heteroatoms. The largest absolute Gasteiger partial charge is 0.492 e. The van der Waals surface area contributed by atoms with Crippen LogP contribution in [0.4, 0.5) is 5.69 Å². The molecule has 0 bridgehead atoms. The molecule has 3 rings (SSSR count). The van der Waals surface area contributed by atoms with Crippen molar-refractivity contribution in [2.75, 3.05) is 38.1 Å². The molecule has 0 aliphatic carbocycles. The Hall–Kier alpha value is -3.12. The van der Waals surface area contributed by atoms with Gasteiger partial charge in [-0.2, -0.15) is 0 Å². The van der Waals surface area contributed by atoms with Gasteiger partial charge in [0, 0.05) is 19.1 Å². The van der Waals surface area contributed by atoms with Gasteiger partial charge in [0.25, 0.3) is 10.0 Å². The molecule has 0 aliphatic rings. The summed E-state index contributed by atoms with van der Waals surface area (Å²) in [5.41, 5.74) is 0.940. The number of halogens is 1. The number of nitrogens with one attached hydrogen (secondary N) is 1. The van der Waals surface area contributed by atoms with Crippen molar-refractivity contribution in [1.29, 1.82) is 0 Å². The monoisotopic (exact) mass is 565 g/mol. The van der Waals surface area contributed by atoms with E-state index in [-0.39, 0.29) is 22.9 Å². The third kappa shape index (κ3) is 7.01. The summed E-state index contributed by atoms with van der Waals surface area (Å²) in [6.45, 7) is 1.47. The lowest BCUT2D eigenvalue weighted by atomic mass is 10.2. The van der Waals surface area contributed by atoms with Crippen LogP contribution in [0.2, 0.25) is 5.02 Å². The second-order valence-electron chi connectivity index (χ2n) is 8.21. The minimum Gasteiger partial charge on any atom is -0.492 e. The molecule has 3 aromatic rings. The molecule has 0 spiro atoms. The van der Waals surface area contributed by atoms with Crippen LogP contribution in [0.15, 0.2) is 82.6 Å². The Morgan fingerprint density at radius 2 is 1.51 bits per heavy atom. The molecular weight excluding hydrogens is 538 g/mol. The molecule has 0 fully saturated rings. The highest BCUT2D eigenvalue weighted by Crippen LogP contribution is 2.29. The minimum atomic E-state index is -4.05. The summed E-state index contributed by atoms with van der Waals surface area (Å²) < 4.78 is 58.9. The number of aryl methyl sites for hydroxylation is 1. The van der Waals surface area contributed by atoms with Crippen molar-refractivity contribution in [1.82, 2.24) is 9.62 Å². The van der Waals surface area contributed by atoms with Gasteiger partial charge >= 0.3 is 0 Å². The van der Waals surface area contributed by atoms with Gasteiger partial charge in [-0.05, 0) is 61.0 Å². The van der Waals surface area contributed by atoms with Gasteiger partial charge < -0.3 is 10.1 Å². The Morgan fingerprint density at radius 3 is 2.14 bits per heavy atom. The van der Waals surface area contributed by atoms with Crippen LogP contribution >= 0.6 is 11.6 Å². The molecule has 0 radical (unpaired) electrons. The summed E-state index contributed by atoms with van der Waals surface area (Å²) in [6.07, 6.45) is 0. The van der Waals surface area contributed by atoms with Crippen LogP contribution in [0, 0.1) is 6.92 Å². The summed E-state index contributed by atoms with van der Waals surface area (Å²) in [5.74, 6) is -0.107. The highest BCUT2D eigenvalue weighted by molar-refractivity contribution is 7.92. The first kappa shape index (κ1) is 28.5.